The molecule has 2 fully saturated rings. The van der Waals surface area contributed by atoms with E-state index in [0.717, 1.165) is 26.2 Å². The highest BCUT2D eigenvalue weighted by atomic mass is 32.1. The largest absolute Gasteiger partial charge is 0.348 e. The fourth-order valence-corrected chi connectivity index (χ4v) is 3.41. The van der Waals surface area contributed by atoms with Crippen LogP contribution in [0, 0.1) is 0 Å². The van der Waals surface area contributed by atoms with Crippen LogP contribution in [0.25, 0.3) is 0 Å². The molecule has 134 valence electrons. The molecular weight excluding hydrogens is 340 g/mol. The van der Waals surface area contributed by atoms with Crippen LogP contribution in [0.4, 0.5) is 0 Å². The van der Waals surface area contributed by atoms with Gasteiger partial charge in [0, 0.05) is 26.2 Å². The third-order valence-corrected chi connectivity index (χ3v) is 5.02. The number of likely N-dealkylation sites (tertiary alicyclic amines) is 2. The van der Waals surface area contributed by atoms with E-state index in [1.54, 1.807) is 12.4 Å². The fraction of sp³-hybridized carbons (Fsp3) is 0.750. The highest BCUT2D eigenvalue weighted by molar-refractivity contribution is 7.80. The maximum Gasteiger partial charge on any atom is 0.189 e. The Bertz CT molecular complexity index is 407. The van der Waals surface area contributed by atoms with Gasteiger partial charge in [-0.15, -0.1) is 0 Å². The van der Waals surface area contributed by atoms with E-state index in [2.05, 4.69) is 30.9 Å². The predicted molar refractivity (Wildman–Crippen MR) is 109 cm³/mol. The van der Waals surface area contributed by atoms with E-state index in [0.29, 0.717) is 10.2 Å². The summed E-state index contributed by atoms with van der Waals surface area (Å²) in [6.45, 7) is 4.06. The van der Waals surface area contributed by atoms with E-state index in [9.17, 15) is 0 Å². The highest BCUT2D eigenvalue weighted by Crippen LogP contribution is 2.10. The Morgan fingerprint density at radius 1 is 0.625 bits per heavy atom. The average Bonchev–Trinajstić information content (AvgIpc) is 3.02. The standard InChI is InChI=1S/C16H28N6S2/c23-15(21-11-5-1-2-6-12-21)19-17-9-10-18-20-16(24)22-13-7-3-4-8-14-22/h9-10H,1-8,11-14H2,(H,19,23)(H,20,24). The molecule has 0 aromatic rings. The van der Waals surface area contributed by atoms with Crippen molar-refractivity contribution in [2.75, 3.05) is 26.2 Å². The Labute approximate surface area is 155 Å². The molecule has 0 aromatic carbocycles. The third kappa shape index (κ3) is 7.09. The normalized spacial score (nSPS) is 20.0. The molecular formula is C16H28N6S2. The summed E-state index contributed by atoms with van der Waals surface area (Å²) in [5, 5.41) is 9.57. The second kappa shape index (κ2) is 11.3. The molecule has 2 aliphatic rings. The van der Waals surface area contributed by atoms with Crippen LogP contribution >= 0.6 is 24.4 Å². The molecule has 0 radical (unpaired) electrons. The molecule has 0 aliphatic carbocycles. The van der Waals surface area contributed by atoms with Gasteiger partial charge in [-0.05, 0) is 50.1 Å². The Balaban J connectivity index is 1.64. The zero-order chi connectivity index (χ0) is 17.0. The van der Waals surface area contributed by atoms with E-state index >= 15 is 0 Å². The molecule has 0 spiro atoms. The summed E-state index contributed by atoms with van der Waals surface area (Å²) in [5.41, 5.74) is 5.81. The van der Waals surface area contributed by atoms with Crippen LogP contribution in [0.15, 0.2) is 10.2 Å². The quantitative estimate of drug-likeness (QED) is 0.453. The molecule has 0 bridgehead atoms. The van der Waals surface area contributed by atoms with Gasteiger partial charge in [0.1, 0.15) is 0 Å². The van der Waals surface area contributed by atoms with Gasteiger partial charge >= 0.3 is 0 Å². The highest BCUT2D eigenvalue weighted by Gasteiger charge is 2.12. The second-order valence-electron chi connectivity index (χ2n) is 6.19. The van der Waals surface area contributed by atoms with Crippen molar-refractivity contribution in [3.05, 3.63) is 0 Å². The lowest BCUT2D eigenvalue weighted by atomic mass is 10.2. The summed E-state index contributed by atoms with van der Waals surface area (Å²) < 4.78 is 0. The number of hydrazone groups is 2. The topological polar surface area (TPSA) is 55.3 Å². The molecule has 2 aliphatic heterocycles. The van der Waals surface area contributed by atoms with Crippen molar-refractivity contribution in [1.82, 2.24) is 20.7 Å². The molecule has 0 amide bonds. The lowest BCUT2D eigenvalue weighted by Crippen LogP contribution is -2.38. The van der Waals surface area contributed by atoms with Gasteiger partial charge in [0.2, 0.25) is 0 Å². The van der Waals surface area contributed by atoms with Crippen LogP contribution in [-0.4, -0.2) is 58.6 Å². The van der Waals surface area contributed by atoms with Gasteiger partial charge in [0.25, 0.3) is 0 Å². The van der Waals surface area contributed by atoms with Gasteiger partial charge in [0.05, 0.1) is 12.4 Å². The Hall–Kier alpha value is -1.28. The van der Waals surface area contributed by atoms with Gasteiger partial charge in [-0.25, -0.2) is 0 Å². The molecule has 6 nitrogen and oxygen atoms in total. The molecule has 2 rings (SSSR count). The fourth-order valence-electron chi connectivity index (χ4n) is 2.94. The smallest absolute Gasteiger partial charge is 0.189 e. The van der Waals surface area contributed by atoms with Crippen LogP contribution in [0.2, 0.25) is 0 Å². The van der Waals surface area contributed by atoms with E-state index in [-0.39, 0.29) is 0 Å². The van der Waals surface area contributed by atoms with E-state index in [4.69, 9.17) is 24.4 Å². The summed E-state index contributed by atoms with van der Waals surface area (Å²) in [6.07, 6.45) is 13.1. The molecule has 0 saturated carbocycles. The van der Waals surface area contributed by atoms with Gasteiger partial charge < -0.3 is 9.80 Å². The van der Waals surface area contributed by atoms with E-state index in [1.165, 1.54) is 51.4 Å². The minimum absolute atomic E-state index is 0.689. The molecule has 0 atom stereocenters. The maximum atomic E-state index is 5.37. The zero-order valence-corrected chi connectivity index (χ0v) is 15.9. The molecule has 2 N–H and O–H groups in total. The first kappa shape index (κ1) is 19.1. The molecule has 2 saturated heterocycles. The van der Waals surface area contributed by atoms with Crippen LogP contribution in [-0.2, 0) is 0 Å². The SMILES string of the molecule is S=C(NN=CC=NNC(=S)N1CCCCCC1)N1CCCCCC1. The summed E-state index contributed by atoms with van der Waals surface area (Å²) in [5.74, 6) is 0. The molecule has 0 aromatic heterocycles. The van der Waals surface area contributed by atoms with Crippen molar-refractivity contribution in [3.8, 4) is 0 Å². The minimum Gasteiger partial charge on any atom is -0.348 e. The Morgan fingerprint density at radius 2 is 0.958 bits per heavy atom. The van der Waals surface area contributed by atoms with Gasteiger partial charge in [-0.2, -0.15) is 10.2 Å². The Morgan fingerprint density at radius 3 is 1.29 bits per heavy atom. The lowest BCUT2D eigenvalue weighted by molar-refractivity contribution is 0.428. The summed E-state index contributed by atoms with van der Waals surface area (Å²) >= 11 is 10.7. The number of nitrogens with one attached hydrogen (secondary N) is 2. The molecule has 2 heterocycles. The van der Waals surface area contributed by atoms with Gasteiger partial charge in [-0.1, -0.05) is 25.7 Å². The number of rotatable bonds is 3. The van der Waals surface area contributed by atoms with Gasteiger partial charge in [0.15, 0.2) is 10.2 Å². The first-order chi connectivity index (χ1) is 11.8. The van der Waals surface area contributed by atoms with Gasteiger partial charge in [-0.3, -0.25) is 10.9 Å². The lowest BCUT2D eigenvalue weighted by Gasteiger charge is -2.22. The number of hydrogen-bond donors (Lipinski definition) is 2. The molecule has 0 unspecified atom stereocenters. The van der Waals surface area contributed by atoms with Crippen molar-refractivity contribution < 1.29 is 0 Å². The first-order valence-corrected chi connectivity index (χ1v) is 9.73. The monoisotopic (exact) mass is 368 g/mol. The first-order valence-electron chi connectivity index (χ1n) is 8.92. The average molecular weight is 369 g/mol. The van der Waals surface area contributed by atoms with E-state index in [1.807, 2.05) is 0 Å². The number of hydrogen-bond acceptors (Lipinski definition) is 4. The van der Waals surface area contributed by atoms with Crippen molar-refractivity contribution in [2.45, 2.75) is 51.4 Å². The summed E-state index contributed by atoms with van der Waals surface area (Å²) in [4.78, 5) is 4.37. The zero-order valence-electron chi connectivity index (χ0n) is 14.2. The summed E-state index contributed by atoms with van der Waals surface area (Å²) in [6, 6.07) is 0. The Kier molecular flexibility index (Phi) is 8.97. The van der Waals surface area contributed by atoms with Crippen molar-refractivity contribution in [3.63, 3.8) is 0 Å². The van der Waals surface area contributed by atoms with Crippen LogP contribution in [0.1, 0.15) is 51.4 Å². The minimum atomic E-state index is 0.689. The molecule has 24 heavy (non-hydrogen) atoms. The van der Waals surface area contributed by atoms with Crippen LogP contribution in [0.5, 0.6) is 0 Å². The van der Waals surface area contributed by atoms with Crippen molar-refractivity contribution in [1.29, 1.82) is 0 Å². The van der Waals surface area contributed by atoms with E-state index < -0.39 is 0 Å². The van der Waals surface area contributed by atoms with Crippen molar-refractivity contribution in [2.24, 2.45) is 10.2 Å². The van der Waals surface area contributed by atoms with Crippen molar-refractivity contribution >= 4 is 47.1 Å². The van der Waals surface area contributed by atoms with Crippen LogP contribution in [0.3, 0.4) is 0 Å². The number of nitrogens with zero attached hydrogens (tertiary/aromatic N) is 4. The molecule has 8 heteroatoms. The maximum absolute atomic E-state index is 5.37. The predicted octanol–water partition coefficient (Wildman–Crippen LogP) is 2.46. The summed E-state index contributed by atoms with van der Waals surface area (Å²) in [7, 11) is 0. The van der Waals surface area contributed by atoms with Crippen LogP contribution < -0.4 is 10.9 Å². The number of thiocarbonyl (C=S) groups is 2. The second-order valence-corrected chi connectivity index (χ2v) is 6.97. The third-order valence-electron chi connectivity index (χ3n) is 4.32.